The molecule has 1 aromatic heterocycles. The highest BCUT2D eigenvalue weighted by atomic mass is 32.2. The molecule has 0 radical (unpaired) electrons. The lowest BCUT2D eigenvalue weighted by atomic mass is 10.3. The van der Waals surface area contributed by atoms with Crippen LogP contribution in [-0.2, 0) is 21.3 Å². The molecule has 0 amide bonds. The summed E-state index contributed by atoms with van der Waals surface area (Å²) in [5, 5.41) is 5.00. The van der Waals surface area contributed by atoms with Crippen LogP contribution in [0.5, 0.6) is 0 Å². The van der Waals surface area contributed by atoms with Gasteiger partial charge in [-0.05, 0) is 12.3 Å². The lowest BCUT2D eigenvalue weighted by Crippen LogP contribution is -2.37. The molecule has 1 fully saturated rings. The van der Waals surface area contributed by atoms with E-state index in [1.165, 1.54) is 0 Å². The van der Waals surface area contributed by atoms with Crippen LogP contribution in [0, 0.1) is 6.92 Å². The maximum atomic E-state index is 12.3. The van der Waals surface area contributed by atoms with Crippen LogP contribution < -0.4 is 10.2 Å². The molecule has 1 N–H and O–H groups in total. The molecule has 6 nitrogen and oxygen atoms in total. The van der Waals surface area contributed by atoms with Gasteiger partial charge < -0.3 is 15.0 Å². The molecule has 2 aliphatic rings. The van der Waals surface area contributed by atoms with Gasteiger partial charge in [-0.15, -0.1) is 0 Å². The second kappa shape index (κ2) is 6.76. The summed E-state index contributed by atoms with van der Waals surface area (Å²) >= 11 is 1.54. The fourth-order valence-electron chi connectivity index (χ4n) is 2.27. The lowest BCUT2D eigenvalue weighted by Gasteiger charge is -2.28. The van der Waals surface area contributed by atoms with Crippen molar-refractivity contribution in [1.29, 1.82) is 0 Å². The minimum absolute atomic E-state index is 0.0768. The van der Waals surface area contributed by atoms with Crippen molar-refractivity contribution in [2.75, 3.05) is 31.2 Å². The van der Waals surface area contributed by atoms with Crippen molar-refractivity contribution >= 4 is 28.4 Å². The Morgan fingerprint density at radius 1 is 1.48 bits per heavy atom. The summed E-state index contributed by atoms with van der Waals surface area (Å²) in [6, 6.07) is 1.95. The molecule has 2 atom stereocenters. The first kappa shape index (κ1) is 14.8. The molecule has 2 aliphatic heterocycles. The SMILES string of the molecule is Cc1nc(CS(=O)C2NC=CS2)cc(N2CCOCC2)n1. The van der Waals surface area contributed by atoms with Gasteiger partial charge in [-0.3, -0.25) is 4.21 Å². The first-order chi connectivity index (χ1) is 10.2. The van der Waals surface area contributed by atoms with Crippen LogP contribution in [0.15, 0.2) is 17.7 Å². The minimum Gasteiger partial charge on any atom is -0.378 e. The molecule has 0 spiro atoms. The number of hydrogen-bond acceptors (Lipinski definition) is 7. The van der Waals surface area contributed by atoms with E-state index in [2.05, 4.69) is 20.2 Å². The third kappa shape index (κ3) is 3.75. The van der Waals surface area contributed by atoms with Gasteiger partial charge in [-0.25, -0.2) is 9.97 Å². The van der Waals surface area contributed by atoms with Crippen LogP contribution in [-0.4, -0.2) is 45.2 Å². The Morgan fingerprint density at radius 2 is 2.29 bits per heavy atom. The van der Waals surface area contributed by atoms with Gasteiger partial charge in [0.1, 0.15) is 11.6 Å². The third-order valence-electron chi connectivity index (χ3n) is 3.24. The molecular weight excluding hydrogens is 308 g/mol. The van der Waals surface area contributed by atoms with E-state index < -0.39 is 10.8 Å². The molecule has 3 rings (SSSR count). The number of hydrogen-bond donors (Lipinski definition) is 1. The van der Waals surface area contributed by atoms with E-state index in [4.69, 9.17) is 4.74 Å². The smallest absolute Gasteiger partial charge is 0.153 e. The van der Waals surface area contributed by atoms with Gasteiger partial charge in [0.2, 0.25) is 0 Å². The highest BCUT2D eigenvalue weighted by Crippen LogP contribution is 2.22. The zero-order valence-corrected chi connectivity index (χ0v) is 13.5. The number of thioether (sulfide) groups is 1. The lowest BCUT2D eigenvalue weighted by molar-refractivity contribution is 0.122. The number of nitrogens with zero attached hydrogens (tertiary/aromatic N) is 3. The summed E-state index contributed by atoms with van der Waals surface area (Å²) < 4.78 is 17.6. The first-order valence-corrected chi connectivity index (χ1v) is 9.16. The van der Waals surface area contributed by atoms with E-state index in [1.807, 2.05) is 24.6 Å². The van der Waals surface area contributed by atoms with Crippen molar-refractivity contribution in [2.45, 2.75) is 17.4 Å². The van der Waals surface area contributed by atoms with Crippen LogP contribution in [0.25, 0.3) is 0 Å². The van der Waals surface area contributed by atoms with Crippen LogP contribution in [0.3, 0.4) is 0 Å². The molecule has 0 aromatic carbocycles. The largest absolute Gasteiger partial charge is 0.378 e. The zero-order chi connectivity index (χ0) is 14.7. The number of rotatable bonds is 4. The maximum absolute atomic E-state index is 12.3. The molecule has 114 valence electrons. The Labute approximate surface area is 130 Å². The summed E-state index contributed by atoms with van der Waals surface area (Å²) in [6.45, 7) is 4.99. The molecule has 21 heavy (non-hydrogen) atoms. The van der Waals surface area contributed by atoms with Gasteiger partial charge >= 0.3 is 0 Å². The summed E-state index contributed by atoms with van der Waals surface area (Å²) in [5.41, 5.74) is 0.830. The Hall–Kier alpha value is -1.12. The van der Waals surface area contributed by atoms with Crippen LogP contribution >= 0.6 is 11.8 Å². The van der Waals surface area contributed by atoms with Crippen molar-refractivity contribution in [1.82, 2.24) is 15.3 Å². The molecular formula is C13H18N4O2S2. The molecule has 2 unspecified atom stereocenters. The number of morpholine rings is 1. The number of nitrogens with one attached hydrogen (secondary N) is 1. The Balaban J connectivity index is 1.72. The van der Waals surface area contributed by atoms with Crippen molar-refractivity contribution in [3.8, 4) is 0 Å². The van der Waals surface area contributed by atoms with Crippen LogP contribution in [0.4, 0.5) is 5.82 Å². The Bertz CT molecular complexity index is 553. The predicted molar refractivity (Wildman–Crippen MR) is 85.3 cm³/mol. The number of ether oxygens (including phenoxy) is 1. The fourth-order valence-corrected chi connectivity index (χ4v) is 4.44. The van der Waals surface area contributed by atoms with E-state index in [1.54, 1.807) is 11.8 Å². The summed E-state index contributed by atoms with van der Waals surface area (Å²) in [4.78, 5) is 11.1. The molecule has 1 aromatic rings. The monoisotopic (exact) mass is 326 g/mol. The van der Waals surface area contributed by atoms with Gasteiger partial charge in [0.05, 0.1) is 35.5 Å². The summed E-state index contributed by atoms with van der Waals surface area (Å²) in [5.74, 6) is 2.06. The van der Waals surface area contributed by atoms with E-state index >= 15 is 0 Å². The quantitative estimate of drug-likeness (QED) is 0.884. The van der Waals surface area contributed by atoms with E-state index in [0.29, 0.717) is 5.75 Å². The average Bonchev–Trinajstić information content (AvgIpc) is 3.02. The van der Waals surface area contributed by atoms with Crippen molar-refractivity contribution in [3.63, 3.8) is 0 Å². The topological polar surface area (TPSA) is 67.4 Å². The molecule has 0 bridgehead atoms. The van der Waals surface area contributed by atoms with Crippen LogP contribution in [0.1, 0.15) is 11.5 Å². The Kier molecular flexibility index (Phi) is 4.77. The Morgan fingerprint density at radius 3 is 3.00 bits per heavy atom. The van der Waals surface area contributed by atoms with Gasteiger partial charge in [-0.1, -0.05) is 11.8 Å². The van der Waals surface area contributed by atoms with Gasteiger partial charge in [0.15, 0.2) is 4.71 Å². The average molecular weight is 326 g/mol. The highest BCUT2D eigenvalue weighted by Gasteiger charge is 2.20. The van der Waals surface area contributed by atoms with Gasteiger partial charge in [0, 0.05) is 25.4 Å². The fraction of sp³-hybridized carbons (Fsp3) is 0.538. The van der Waals surface area contributed by atoms with Crippen molar-refractivity contribution in [3.05, 3.63) is 29.2 Å². The normalized spacial score (nSPS) is 23.1. The number of anilines is 1. The van der Waals surface area contributed by atoms with Gasteiger partial charge in [-0.2, -0.15) is 0 Å². The van der Waals surface area contributed by atoms with Gasteiger partial charge in [0.25, 0.3) is 0 Å². The summed E-state index contributed by atoms with van der Waals surface area (Å²) in [7, 11) is -1.01. The molecule has 1 saturated heterocycles. The maximum Gasteiger partial charge on any atom is 0.153 e. The van der Waals surface area contributed by atoms with E-state index in [-0.39, 0.29) is 4.71 Å². The molecule has 0 aliphatic carbocycles. The standard InChI is InChI=1S/C13H18N4O2S2/c1-10-15-11(9-21(18)13-14-2-7-20-13)8-12(16-10)17-3-5-19-6-4-17/h2,7-8,13-14H,3-6,9H2,1H3. The molecule has 0 saturated carbocycles. The van der Waals surface area contributed by atoms with E-state index in [9.17, 15) is 4.21 Å². The van der Waals surface area contributed by atoms with Crippen molar-refractivity contribution in [2.24, 2.45) is 0 Å². The zero-order valence-electron chi connectivity index (χ0n) is 11.8. The van der Waals surface area contributed by atoms with Crippen molar-refractivity contribution < 1.29 is 8.95 Å². The van der Waals surface area contributed by atoms with E-state index in [0.717, 1.165) is 43.6 Å². The summed E-state index contributed by atoms with van der Waals surface area (Å²) in [6.07, 6.45) is 1.83. The second-order valence-electron chi connectivity index (χ2n) is 4.83. The predicted octanol–water partition coefficient (Wildman–Crippen LogP) is 0.962. The number of aromatic nitrogens is 2. The molecule has 3 heterocycles. The van der Waals surface area contributed by atoms with Crippen LogP contribution in [0.2, 0.25) is 0 Å². The second-order valence-corrected chi connectivity index (χ2v) is 7.66. The molecule has 8 heteroatoms. The first-order valence-electron chi connectivity index (χ1n) is 6.83. The third-order valence-corrected chi connectivity index (χ3v) is 6.09. The number of aryl methyl sites for hydroxylation is 1. The highest BCUT2D eigenvalue weighted by molar-refractivity contribution is 8.13. The minimum atomic E-state index is -1.01.